The minimum Gasteiger partial charge on any atom is -0.480 e. The molecule has 0 spiro atoms. The normalized spacial score (nSPS) is 29.3. The maximum absolute atomic E-state index is 13.1. The summed E-state index contributed by atoms with van der Waals surface area (Å²) in [4.78, 5) is 152. The van der Waals surface area contributed by atoms with E-state index in [4.69, 9.17) is 75.8 Å². The zero-order valence-corrected chi connectivity index (χ0v) is 44.7. The number of alkyl carbamates (subject to hydrolysis) is 1. The first-order valence-corrected chi connectivity index (χ1v) is 23.9. The number of carbonyl (C=O) groups excluding carboxylic acids is 11. The van der Waals surface area contributed by atoms with Crippen molar-refractivity contribution in [2.24, 2.45) is 0 Å². The minimum absolute atomic E-state index is 0.390. The SMILES string of the molecule is CC(=O)OC[C@H]1O[C@H](O[C@@H]2[C@H](OC(C)=O)[C@@H](OC(C)=O)[C@H](O[C@H]3[C@H](OC(C)=O)[C@@H](OC(C)=O)[C@H](CC[C@@H](NC(=O)OC(C)(C)C)C(=O)O)O[C@@H]3COC(C)=O)O[C@@H]2COC(C)=O)[C@H](OC(C)=O)[C@@H](OC(C)=O)[C@H]1OC(C)=O. The van der Waals surface area contributed by atoms with Crippen LogP contribution in [0.4, 0.5) is 4.79 Å². The van der Waals surface area contributed by atoms with Gasteiger partial charge in [-0.2, -0.15) is 0 Å². The highest BCUT2D eigenvalue weighted by Crippen LogP contribution is 2.39. The Balaban J connectivity index is 2.29. The van der Waals surface area contributed by atoms with E-state index in [0.717, 1.165) is 69.2 Å². The Labute approximate surface area is 441 Å². The quantitative estimate of drug-likeness (QED) is 0.106. The second kappa shape index (κ2) is 29.1. The Hall–Kier alpha value is -6.76. The van der Waals surface area contributed by atoms with Gasteiger partial charge < -0.3 is 86.2 Å². The first kappa shape index (κ1) is 64.5. The Kier molecular flexibility index (Phi) is 24.4. The van der Waals surface area contributed by atoms with E-state index >= 15 is 0 Å². The molecule has 3 saturated heterocycles. The van der Waals surface area contributed by atoms with E-state index in [9.17, 15) is 62.6 Å². The third-order valence-corrected chi connectivity index (χ3v) is 10.7. The van der Waals surface area contributed by atoms with E-state index in [-0.39, 0.29) is 6.42 Å². The van der Waals surface area contributed by atoms with Crippen molar-refractivity contribution in [2.45, 2.75) is 206 Å². The molecule has 30 nitrogen and oxygen atoms in total. The van der Waals surface area contributed by atoms with Crippen LogP contribution in [0.25, 0.3) is 0 Å². The third kappa shape index (κ3) is 21.0. The highest BCUT2D eigenvalue weighted by molar-refractivity contribution is 5.80. The number of hydrogen-bond donors (Lipinski definition) is 2. The lowest BCUT2D eigenvalue weighted by Gasteiger charge is -2.50. The summed E-state index contributed by atoms with van der Waals surface area (Å²) >= 11 is 0. The molecule has 0 unspecified atom stereocenters. The van der Waals surface area contributed by atoms with Gasteiger partial charge in [0.1, 0.15) is 62.0 Å². The predicted molar refractivity (Wildman–Crippen MR) is 245 cm³/mol. The number of carbonyl (C=O) groups is 12. The molecule has 3 aliphatic heterocycles. The highest BCUT2D eigenvalue weighted by Gasteiger charge is 2.60. The van der Waals surface area contributed by atoms with Gasteiger partial charge in [-0.1, -0.05) is 0 Å². The zero-order valence-electron chi connectivity index (χ0n) is 44.7. The molecule has 2 N–H and O–H groups in total. The molecule has 0 aromatic carbocycles. The average Bonchev–Trinajstić information content (AvgIpc) is 3.26. The fourth-order valence-corrected chi connectivity index (χ4v) is 8.16. The summed E-state index contributed by atoms with van der Waals surface area (Å²) in [6.45, 7) is 12.0. The maximum Gasteiger partial charge on any atom is 0.408 e. The molecule has 0 saturated carbocycles. The number of hydrogen-bond acceptors (Lipinski definition) is 28. The predicted octanol–water partition coefficient (Wildman–Crippen LogP) is -0.0567. The van der Waals surface area contributed by atoms with Gasteiger partial charge in [0, 0.05) is 69.2 Å². The highest BCUT2D eigenvalue weighted by atomic mass is 16.8. The van der Waals surface area contributed by atoms with Crippen LogP contribution >= 0.6 is 0 Å². The summed E-state index contributed by atoms with van der Waals surface area (Å²) in [6.07, 6.45) is -29.2. The molecule has 0 aromatic heterocycles. The second-order valence-electron chi connectivity index (χ2n) is 18.5. The van der Waals surface area contributed by atoms with Crippen LogP contribution in [0.15, 0.2) is 0 Å². The van der Waals surface area contributed by atoms with Crippen molar-refractivity contribution in [1.82, 2.24) is 5.32 Å². The number of esters is 10. The van der Waals surface area contributed by atoms with Crippen molar-refractivity contribution in [3.05, 3.63) is 0 Å². The Morgan fingerprint density at radius 3 is 1.05 bits per heavy atom. The van der Waals surface area contributed by atoms with E-state index < -0.39 is 202 Å². The van der Waals surface area contributed by atoms with Gasteiger partial charge in [0.25, 0.3) is 0 Å². The van der Waals surface area contributed by atoms with E-state index in [1.165, 1.54) is 0 Å². The first-order valence-electron chi connectivity index (χ1n) is 23.9. The summed E-state index contributed by atoms with van der Waals surface area (Å²) in [6, 6.07) is -1.65. The van der Waals surface area contributed by atoms with Crippen LogP contribution < -0.4 is 5.32 Å². The molecule has 3 heterocycles. The smallest absolute Gasteiger partial charge is 0.408 e. The van der Waals surface area contributed by atoms with Gasteiger partial charge in [-0.05, 0) is 33.6 Å². The first-order chi connectivity index (χ1) is 35.8. The molecule has 3 aliphatic rings. The standard InChI is InChI=1S/C47H67NO29/c1-19(49)62-16-31-36(38(67-24(6)54)34(65-22(4)52)30(72-31)15-14-29(43(59)60)48-46(61)77-47(11,12)13)75-45-42(71-28(10)58)40(69-26(8)56)37(33(74-45)18-64-21(3)51)76-44-41(70-27(9)57)39(68-25(7)55)35(66-23(5)53)32(73-44)17-63-20(2)50/h29-42,44-45H,14-18H2,1-13H3,(H,48,61)(H,59,60)/t29-,30+,31-,32-,33-,34+,35+,36-,37+,38-,39+,40+,41-,42-,44-,45+/m1/s1. The number of carboxylic acids is 1. The molecule has 434 valence electrons. The lowest BCUT2D eigenvalue weighted by Crippen LogP contribution is -2.68. The molecule has 0 radical (unpaired) electrons. The Morgan fingerprint density at radius 1 is 0.416 bits per heavy atom. The van der Waals surface area contributed by atoms with Crippen molar-refractivity contribution < 1.29 is 138 Å². The van der Waals surface area contributed by atoms with Gasteiger partial charge in [0.15, 0.2) is 55.3 Å². The van der Waals surface area contributed by atoms with Crippen molar-refractivity contribution in [3.63, 3.8) is 0 Å². The number of rotatable bonds is 22. The van der Waals surface area contributed by atoms with Crippen LogP contribution in [0.1, 0.15) is 103 Å². The van der Waals surface area contributed by atoms with Crippen molar-refractivity contribution in [3.8, 4) is 0 Å². The van der Waals surface area contributed by atoms with Crippen molar-refractivity contribution in [2.75, 3.05) is 19.8 Å². The number of carboxylic acid groups (broad SMARTS) is 1. The summed E-state index contributed by atoms with van der Waals surface area (Å²) in [5.41, 5.74) is -1.03. The minimum atomic E-state index is -2.10. The lowest BCUT2D eigenvalue weighted by molar-refractivity contribution is -0.374. The number of ether oxygens (including phenoxy) is 16. The summed E-state index contributed by atoms with van der Waals surface area (Å²) in [7, 11) is 0. The van der Waals surface area contributed by atoms with Gasteiger partial charge in [0.05, 0.1) is 6.10 Å². The molecular weight excluding hydrogens is 1040 g/mol. The Morgan fingerprint density at radius 2 is 0.714 bits per heavy atom. The van der Waals surface area contributed by atoms with Gasteiger partial charge in [-0.3, -0.25) is 47.9 Å². The van der Waals surface area contributed by atoms with Crippen molar-refractivity contribution in [1.29, 1.82) is 0 Å². The van der Waals surface area contributed by atoms with Gasteiger partial charge in [-0.15, -0.1) is 0 Å². The largest absolute Gasteiger partial charge is 0.480 e. The summed E-state index contributed by atoms with van der Waals surface area (Å²) in [5.74, 6) is -11.4. The van der Waals surface area contributed by atoms with Gasteiger partial charge >= 0.3 is 71.8 Å². The fraction of sp³-hybridized carbons (Fsp3) is 0.745. The monoisotopic (exact) mass is 1110 g/mol. The molecule has 0 aromatic rings. The van der Waals surface area contributed by atoms with E-state index in [1.54, 1.807) is 20.8 Å². The molecule has 30 heteroatoms. The van der Waals surface area contributed by atoms with Crippen LogP contribution in [0, 0.1) is 0 Å². The summed E-state index contributed by atoms with van der Waals surface area (Å²) < 4.78 is 91.9. The number of aliphatic carboxylic acids is 1. The second-order valence-corrected chi connectivity index (χ2v) is 18.5. The number of nitrogens with one attached hydrogen (secondary N) is 1. The Bertz CT molecular complexity index is 2160. The molecule has 0 aliphatic carbocycles. The lowest BCUT2D eigenvalue weighted by atomic mass is 9.90. The molecule has 16 atom stereocenters. The van der Waals surface area contributed by atoms with Crippen LogP contribution in [-0.4, -0.2) is 200 Å². The maximum atomic E-state index is 13.1. The van der Waals surface area contributed by atoms with E-state index in [0.29, 0.717) is 0 Å². The fourth-order valence-electron chi connectivity index (χ4n) is 8.16. The van der Waals surface area contributed by atoms with Crippen LogP contribution in [0.2, 0.25) is 0 Å². The number of amides is 1. The third-order valence-electron chi connectivity index (χ3n) is 10.7. The van der Waals surface area contributed by atoms with Crippen molar-refractivity contribution >= 4 is 71.8 Å². The van der Waals surface area contributed by atoms with Gasteiger partial charge in [-0.25, -0.2) is 9.59 Å². The van der Waals surface area contributed by atoms with Gasteiger partial charge in [0.2, 0.25) is 0 Å². The molecule has 1 amide bonds. The molecule has 3 rings (SSSR count). The van der Waals surface area contributed by atoms with Crippen LogP contribution in [0.3, 0.4) is 0 Å². The van der Waals surface area contributed by atoms with Crippen LogP contribution in [0.5, 0.6) is 0 Å². The molecule has 0 bridgehead atoms. The zero-order chi connectivity index (χ0) is 58.2. The topological polar surface area (TPSA) is 385 Å². The van der Waals surface area contributed by atoms with E-state index in [2.05, 4.69) is 5.32 Å². The molecule has 3 fully saturated rings. The van der Waals surface area contributed by atoms with Crippen LogP contribution in [-0.2, 0) is 129 Å². The van der Waals surface area contributed by atoms with E-state index in [1.807, 2.05) is 0 Å². The molecular formula is C47H67NO29. The average molecular weight is 1110 g/mol. The summed E-state index contributed by atoms with van der Waals surface area (Å²) in [5, 5.41) is 12.3. The molecule has 77 heavy (non-hydrogen) atoms.